The summed E-state index contributed by atoms with van der Waals surface area (Å²) in [4.78, 5) is 3.68. The van der Waals surface area contributed by atoms with Crippen molar-refractivity contribution in [3.8, 4) is 29.0 Å². The van der Waals surface area contributed by atoms with E-state index in [0.717, 1.165) is 12.8 Å². The third-order valence-electron chi connectivity index (χ3n) is 4.35. The molecule has 1 aliphatic rings. The lowest BCUT2D eigenvalue weighted by Crippen LogP contribution is -2.11. The van der Waals surface area contributed by atoms with Gasteiger partial charge in [-0.1, -0.05) is 0 Å². The second-order valence-corrected chi connectivity index (χ2v) is 6.10. The van der Waals surface area contributed by atoms with Gasteiger partial charge in [-0.05, 0) is 31.0 Å². The van der Waals surface area contributed by atoms with Crippen LogP contribution in [0.3, 0.4) is 0 Å². The Bertz CT molecular complexity index is 1040. The highest BCUT2D eigenvalue weighted by Gasteiger charge is 2.44. The Labute approximate surface area is 142 Å². The van der Waals surface area contributed by atoms with E-state index in [0.29, 0.717) is 34.6 Å². The number of fused-ring (bicyclic) bond motifs is 1. The van der Waals surface area contributed by atoms with Gasteiger partial charge in [-0.2, -0.15) is 20.0 Å². The number of ether oxygens (including phenoxy) is 1. The maximum atomic E-state index is 13.1. The molecular weight excluding hydrogens is 321 g/mol. The maximum absolute atomic E-state index is 13.1. The largest absolute Gasteiger partial charge is 0.490 e. The van der Waals surface area contributed by atoms with E-state index in [-0.39, 0.29) is 0 Å². The van der Waals surface area contributed by atoms with Crippen LogP contribution in [0.15, 0.2) is 36.8 Å². The summed E-state index contributed by atoms with van der Waals surface area (Å²) in [6.45, 7) is 0.308. The second kappa shape index (κ2) is 5.57. The number of aromatic nitrogens is 3. The van der Waals surface area contributed by atoms with Crippen molar-refractivity contribution >= 4 is 5.52 Å². The number of pyridine rings is 2. The molecule has 0 unspecified atom stereocenters. The van der Waals surface area contributed by atoms with Gasteiger partial charge < -0.3 is 4.74 Å². The first-order valence-electron chi connectivity index (χ1n) is 7.72. The van der Waals surface area contributed by atoms with Crippen LogP contribution in [0.25, 0.3) is 16.6 Å². The van der Waals surface area contributed by atoms with Crippen molar-refractivity contribution in [2.45, 2.75) is 12.8 Å². The van der Waals surface area contributed by atoms with E-state index in [1.54, 1.807) is 22.8 Å². The lowest BCUT2D eigenvalue weighted by Gasteiger charge is -2.12. The molecule has 122 valence electrons. The molecule has 0 atom stereocenters. The molecule has 7 heteroatoms. The average molecular weight is 333 g/mol. The molecule has 25 heavy (non-hydrogen) atoms. The van der Waals surface area contributed by atoms with E-state index in [1.165, 1.54) is 18.5 Å². The Morgan fingerprint density at radius 3 is 2.76 bits per heavy atom. The van der Waals surface area contributed by atoms with E-state index in [9.17, 15) is 14.9 Å². The highest BCUT2D eigenvalue weighted by atomic mass is 19.1. The molecule has 3 aromatic heterocycles. The Morgan fingerprint density at radius 1 is 1.28 bits per heavy atom. The number of hydrogen-bond acceptors (Lipinski definition) is 5. The fourth-order valence-electron chi connectivity index (χ4n) is 2.67. The summed E-state index contributed by atoms with van der Waals surface area (Å²) in [5.41, 5.74) is 1.93. The van der Waals surface area contributed by atoms with Crippen molar-refractivity contribution in [1.82, 2.24) is 14.6 Å². The van der Waals surface area contributed by atoms with Gasteiger partial charge in [0.2, 0.25) is 5.95 Å². The van der Waals surface area contributed by atoms with Gasteiger partial charge in [0.1, 0.15) is 18.4 Å². The van der Waals surface area contributed by atoms with Crippen LogP contribution >= 0.6 is 0 Å². The minimum atomic E-state index is -0.578. The van der Waals surface area contributed by atoms with Gasteiger partial charge in [-0.25, -0.2) is 9.50 Å². The van der Waals surface area contributed by atoms with E-state index < -0.39 is 11.4 Å². The van der Waals surface area contributed by atoms with Crippen molar-refractivity contribution in [2.75, 3.05) is 6.61 Å². The lowest BCUT2D eigenvalue weighted by molar-refractivity contribution is 0.267. The molecule has 1 fully saturated rings. The van der Waals surface area contributed by atoms with Gasteiger partial charge in [0, 0.05) is 17.3 Å². The first kappa shape index (κ1) is 15.1. The van der Waals surface area contributed by atoms with Crippen LogP contribution in [0.4, 0.5) is 4.39 Å². The summed E-state index contributed by atoms with van der Waals surface area (Å²) in [6.07, 6.45) is 6.21. The zero-order valence-electron chi connectivity index (χ0n) is 13.1. The smallest absolute Gasteiger partial charge is 0.212 e. The van der Waals surface area contributed by atoms with Gasteiger partial charge in [-0.15, -0.1) is 0 Å². The normalized spacial score (nSPS) is 14.7. The third kappa shape index (κ3) is 2.66. The van der Waals surface area contributed by atoms with E-state index in [2.05, 4.69) is 22.2 Å². The molecular formula is C18H12FN5O. The predicted octanol–water partition coefficient (Wildman–Crippen LogP) is 3.09. The highest BCUT2D eigenvalue weighted by Crippen LogP contribution is 2.45. The van der Waals surface area contributed by atoms with Crippen molar-refractivity contribution in [1.29, 1.82) is 10.5 Å². The first-order chi connectivity index (χ1) is 12.1. The third-order valence-corrected chi connectivity index (χ3v) is 4.35. The Hall–Kier alpha value is -3.45. The molecule has 4 rings (SSSR count). The average Bonchev–Trinajstić information content (AvgIpc) is 3.31. The van der Waals surface area contributed by atoms with Gasteiger partial charge in [0.15, 0.2) is 0 Å². The molecule has 0 aliphatic heterocycles. The number of nitrogens with zero attached hydrogens (tertiary/aromatic N) is 5. The van der Waals surface area contributed by atoms with Gasteiger partial charge >= 0.3 is 0 Å². The summed E-state index contributed by atoms with van der Waals surface area (Å²) in [5, 5.41) is 22.7. The fourth-order valence-corrected chi connectivity index (χ4v) is 2.67. The molecule has 0 aromatic carbocycles. The van der Waals surface area contributed by atoms with Gasteiger partial charge in [-0.3, -0.25) is 0 Å². The molecule has 0 saturated heterocycles. The summed E-state index contributed by atoms with van der Waals surface area (Å²) >= 11 is 0. The van der Waals surface area contributed by atoms with Crippen LogP contribution in [0.1, 0.15) is 18.4 Å². The van der Waals surface area contributed by atoms with Crippen molar-refractivity contribution < 1.29 is 9.13 Å². The Morgan fingerprint density at radius 2 is 2.12 bits per heavy atom. The number of nitriles is 2. The van der Waals surface area contributed by atoms with Crippen LogP contribution in [0.5, 0.6) is 5.75 Å². The predicted molar refractivity (Wildman–Crippen MR) is 85.9 cm³/mol. The SMILES string of the molecule is N#Cc1cnn2cc(OCC3(C#N)CC3)cc(-c3ccc(F)nc3)c12. The first-order valence-corrected chi connectivity index (χ1v) is 7.72. The van der Waals surface area contributed by atoms with E-state index in [4.69, 9.17) is 4.74 Å². The topological polar surface area (TPSA) is 87.0 Å². The molecule has 0 spiro atoms. The van der Waals surface area contributed by atoms with Gasteiger partial charge in [0.25, 0.3) is 0 Å². The molecule has 0 N–H and O–H groups in total. The lowest BCUT2D eigenvalue weighted by atomic mass is 10.1. The van der Waals surface area contributed by atoms with Crippen LogP contribution in [0, 0.1) is 34.0 Å². The molecule has 0 amide bonds. The molecule has 0 radical (unpaired) electrons. The number of halogens is 1. The fraction of sp³-hybridized carbons (Fsp3) is 0.222. The zero-order chi connectivity index (χ0) is 17.4. The molecule has 1 saturated carbocycles. The van der Waals surface area contributed by atoms with E-state index >= 15 is 0 Å². The van der Waals surface area contributed by atoms with Crippen molar-refractivity contribution in [3.63, 3.8) is 0 Å². The summed E-state index contributed by atoms with van der Waals surface area (Å²) < 4.78 is 20.5. The second-order valence-electron chi connectivity index (χ2n) is 6.10. The monoisotopic (exact) mass is 333 g/mol. The van der Waals surface area contributed by atoms with Crippen LogP contribution in [0.2, 0.25) is 0 Å². The number of hydrogen-bond donors (Lipinski definition) is 0. The zero-order valence-corrected chi connectivity index (χ0v) is 13.1. The van der Waals surface area contributed by atoms with Crippen LogP contribution in [-0.4, -0.2) is 21.2 Å². The Balaban J connectivity index is 1.80. The standard InChI is InChI=1S/C18H12FN5O/c19-16-2-1-12(7-22-16)15-5-14(25-11-18(10-21)3-4-18)9-24-17(15)13(6-20)8-23-24/h1-2,5,7-9H,3-4,11H2. The Kier molecular flexibility index (Phi) is 3.36. The van der Waals surface area contributed by atoms with Crippen molar-refractivity contribution in [3.05, 3.63) is 48.3 Å². The minimum absolute atomic E-state index is 0.308. The number of rotatable bonds is 4. The molecule has 3 aromatic rings. The maximum Gasteiger partial charge on any atom is 0.212 e. The van der Waals surface area contributed by atoms with E-state index in [1.807, 2.05) is 0 Å². The summed E-state index contributed by atoms with van der Waals surface area (Å²) in [6, 6.07) is 9.00. The summed E-state index contributed by atoms with van der Waals surface area (Å²) in [5.74, 6) is -0.0492. The minimum Gasteiger partial charge on any atom is -0.490 e. The molecule has 3 heterocycles. The van der Waals surface area contributed by atoms with Crippen molar-refractivity contribution in [2.24, 2.45) is 5.41 Å². The summed E-state index contributed by atoms with van der Waals surface area (Å²) in [7, 11) is 0. The van der Waals surface area contributed by atoms with Gasteiger partial charge in [0.05, 0.1) is 35.0 Å². The molecule has 6 nitrogen and oxygen atoms in total. The van der Waals surface area contributed by atoms with Crippen LogP contribution in [-0.2, 0) is 0 Å². The highest BCUT2D eigenvalue weighted by molar-refractivity contribution is 5.84. The quantitative estimate of drug-likeness (QED) is 0.685. The van der Waals surface area contributed by atoms with Crippen LogP contribution < -0.4 is 4.74 Å². The molecule has 1 aliphatic carbocycles. The molecule has 0 bridgehead atoms.